The molecule has 0 aliphatic rings. The summed E-state index contributed by atoms with van der Waals surface area (Å²) in [5.41, 5.74) is 0. The lowest BCUT2D eigenvalue weighted by Crippen LogP contribution is -2.30. The Balaban J connectivity index is 2.45. The number of aliphatic carboxylic acids is 1. The van der Waals surface area contributed by atoms with E-state index in [1.807, 2.05) is 0 Å². The van der Waals surface area contributed by atoms with Gasteiger partial charge in [-0.1, -0.05) is 18.1 Å². The first-order valence-electron chi connectivity index (χ1n) is 8.54. The SMILES string of the molecule is CS(=O)(=O)N(CC#CCCCC(=O)O)C/C=C/C(O)COc1ccc(F)cc1. The topological polar surface area (TPSA) is 104 Å². The van der Waals surface area contributed by atoms with E-state index < -0.39 is 27.9 Å². The quantitative estimate of drug-likeness (QED) is 0.325. The minimum Gasteiger partial charge on any atom is -0.491 e. The fourth-order valence-electron chi connectivity index (χ4n) is 1.98. The number of hydrogen-bond donors (Lipinski definition) is 2. The first-order chi connectivity index (χ1) is 13.2. The summed E-state index contributed by atoms with van der Waals surface area (Å²) < 4.78 is 42.8. The number of carboxylic acids is 1. The van der Waals surface area contributed by atoms with Crippen molar-refractivity contribution in [2.75, 3.05) is 26.0 Å². The third kappa shape index (κ3) is 10.7. The van der Waals surface area contributed by atoms with Crippen LogP contribution in [0.25, 0.3) is 0 Å². The van der Waals surface area contributed by atoms with Gasteiger partial charge >= 0.3 is 5.97 Å². The summed E-state index contributed by atoms with van der Waals surface area (Å²) in [6.07, 6.45) is 3.79. The summed E-state index contributed by atoms with van der Waals surface area (Å²) in [5.74, 6) is 4.57. The molecule has 0 amide bonds. The van der Waals surface area contributed by atoms with E-state index in [2.05, 4.69) is 11.8 Å². The Morgan fingerprint density at radius 1 is 1.32 bits per heavy atom. The second-order valence-electron chi connectivity index (χ2n) is 5.92. The zero-order valence-corrected chi connectivity index (χ0v) is 16.4. The number of carboxylic acid groups (broad SMARTS) is 1. The minimum atomic E-state index is -3.49. The lowest BCUT2D eigenvalue weighted by molar-refractivity contribution is -0.137. The van der Waals surface area contributed by atoms with Crippen LogP contribution >= 0.6 is 0 Å². The predicted molar refractivity (Wildman–Crippen MR) is 103 cm³/mol. The Bertz CT molecular complexity index is 811. The maximum absolute atomic E-state index is 12.8. The van der Waals surface area contributed by atoms with Gasteiger partial charge in [-0.3, -0.25) is 4.79 Å². The molecule has 0 bridgehead atoms. The molecule has 1 aromatic rings. The van der Waals surface area contributed by atoms with Crippen molar-refractivity contribution in [3.63, 3.8) is 0 Å². The average Bonchev–Trinajstić information content (AvgIpc) is 2.61. The first kappa shape index (κ1) is 23.6. The first-order valence-corrected chi connectivity index (χ1v) is 10.4. The number of hydrogen-bond acceptors (Lipinski definition) is 5. The Hall–Kier alpha value is -2.41. The number of nitrogens with zero attached hydrogens (tertiary/aromatic N) is 1. The van der Waals surface area contributed by atoms with Crippen LogP contribution in [0.2, 0.25) is 0 Å². The van der Waals surface area contributed by atoms with Crippen molar-refractivity contribution in [1.82, 2.24) is 4.31 Å². The highest BCUT2D eigenvalue weighted by Gasteiger charge is 2.13. The predicted octanol–water partition coefficient (Wildman–Crippen LogP) is 1.64. The highest BCUT2D eigenvalue weighted by molar-refractivity contribution is 7.88. The van der Waals surface area contributed by atoms with E-state index in [0.717, 1.165) is 10.6 Å². The van der Waals surface area contributed by atoms with Gasteiger partial charge < -0.3 is 14.9 Å². The van der Waals surface area contributed by atoms with Crippen LogP contribution in [0.5, 0.6) is 5.75 Å². The molecule has 0 heterocycles. The summed E-state index contributed by atoms with van der Waals surface area (Å²) in [6, 6.07) is 5.35. The largest absolute Gasteiger partial charge is 0.491 e. The van der Waals surface area contributed by atoms with E-state index in [-0.39, 0.29) is 26.1 Å². The Morgan fingerprint density at radius 3 is 2.61 bits per heavy atom. The van der Waals surface area contributed by atoms with Gasteiger partial charge in [0.1, 0.15) is 24.3 Å². The molecule has 0 spiro atoms. The number of unbranched alkanes of at least 4 members (excludes halogenated alkanes) is 1. The third-order valence-corrected chi connectivity index (χ3v) is 4.66. The van der Waals surface area contributed by atoms with Gasteiger partial charge in [-0.25, -0.2) is 12.8 Å². The summed E-state index contributed by atoms with van der Waals surface area (Å²) in [4.78, 5) is 10.4. The van der Waals surface area contributed by atoms with E-state index in [9.17, 15) is 22.7 Å². The van der Waals surface area contributed by atoms with E-state index >= 15 is 0 Å². The molecule has 0 radical (unpaired) electrons. The van der Waals surface area contributed by atoms with Crippen LogP contribution in [0.4, 0.5) is 4.39 Å². The fraction of sp³-hybridized carbons (Fsp3) is 0.421. The van der Waals surface area contributed by atoms with Crippen LogP contribution in [-0.2, 0) is 14.8 Å². The molecule has 0 saturated carbocycles. The van der Waals surface area contributed by atoms with Crippen LogP contribution in [0.1, 0.15) is 19.3 Å². The van der Waals surface area contributed by atoms with Crippen LogP contribution in [-0.4, -0.2) is 61.0 Å². The average molecular weight is 413 g/mol. The van der Waals surface area contributed by atoms with Crippen molar-refractivity contribution in [3.8, 4) is 17.6 Å². The molecule has 1 rings (SSSR count). The number of benzene rings is 1. The Labute approximate surface area is 164 Å². The van der Waals surface area contributed by atoms with Crippen molar-refractivity contribution in [2.24, 2.45) is 0 Å². The molecule has 0 aromatic heterocycles. The molecule has 9 heteroatoms. The van der Waals surface area contributed by atoms with E-state index in [1.165, 1.54) is 36.4 Å². The summed E-state index contributed by atoms with van der Waals surface area (Å²) >= 11 is 0. The molecule has 0 aliphatic heterocycles. The fourth-order valence-corrected chi connectivity index (χ4v) is 2.64. The highest BCUT2D eigenvalue weighted by Crippen LogP contribution is 2.11. The molecule has 1 unspecified atom stereocenters. The minimum absolute atomic E-state index is 0.0189. The lowest BCUT2D eigenvalue weighted by atomic mass is 10.2. The molecule has 154 valence electrons. The number of carbonyl (C=O) groups is 1. The monoisotopic (exact) mass is 413 g/mol. The second kappa shape index (κ2) is 12.1. The van der Waals surface area contributed by atoms with Gasteiger partial charge in [0.15, 0.2) is 0 Å². The van der Waals surface area contributed by atoms with Crippen LogP contribution in [0.15, 0.2) is 36.4 Å². The van der Waals surface area contributed by atoms with Gasteiger partial charge in [0, 0.05) is 19.4 Å². The molecule has 1 aromatic carbocycles. The third-order valence-electron chi connectivity index (χ3n) is 3.44. The number of aliphatic hydroxyl groups is 1. The van der Waals surface area contributed by atoms with Crippen LogP contribution < -0.4 is 4.74 Å². The van der Waals surface area contributed by atoms with Crippen molar-refractivity contribution < 1.29 is 32.6 Å². The molecule has 0 saturated heterocycles. The zero-order valence-electron chi connectivity index (χ0n) is 15.5. The Kier molecular flexibility index (Phi) is 10.2. The van der Waals surface area contributed by atoms with Gasteiger partial charge in [0.05, 0.1) is 12.8 Å². The molecule has 2 N–H and O–H groups in total. The number of aliphatic hydroxyl groups excluding tert-OH is 1. The van der Waals surface area contributed by atoms with Crippen molar-refractivity contribution in [3.05, 3.63) is 42.2 Å². The van der Waals surface area contributed by atoms with Crippen molar-refractivity contribution >= 4 is 16.0 Å². The highest BCUT2D eigenvalue weighted by atomic mass is 32.2. The number of ether oxygens (including phenoxy) is 1. The van der Waals surface area contributed by atoms with Gasteiger partial charge in [-0.05, 0) is 30.7 Å². The molecule has 28 heavy (non-hydrogen) atoms. The van der Waals surface area contributed by atoms with Crippen LogP contribution in [0, 0.1) is 17.7 Å². The molecule has 0 fully saturated rings. The maximum atomic E-state index is 12.8. The Morgan fingerprint density at radius 2 is 2.00 bits per heavy atom. The van der Waals surface area contributed by atoms with Crippen molar-refractivity contribution in [1.29, 1.82) is 0 Å². The maximum Gasteiger partial charge on any atom is 0.303 e. The molecular formula is C19H24FNO6S. The van der Waals surface area contributed by atoms with Crippen molar-refractivity contribution in [2.45, 2.75) is 25.4 Å². The number of halogens is 1. The van der Waals surface area contributed by atoms with E-state index in [1.54, 1.807) is 0 Å². The van der Waals surface area contributed by atoms with E-state index in [0.29, 0.717) is 18.6 Å². The standard InChI is InChI=1S/C19H24FNO6S/c1-28(25,26)21(13-5-3-2-4-8-19(23)24)14-6-7-17(22)15-27-18-11-9-16(20)10-12-18/h6-7,9-12,17,22H,2,4,8,13-15H2,1H3,(H,23,24)/b7-6+. The summed E-state index contributed by atoms with van der Waals surface area (Å²) in [7, 11) is -3.49. The second-order valence-corrected chi connectivity index (χ2v) is 7.90. The van der Waals surface area contributed by atoms with Gasteiger partial charge in [-0.2, -0.15) is 4.31 Å². The zero-order chi connectivity index (χ0) is 21.0. The van der Waals surface area contributed by atoms with Crippen LogP contribution in [0.3, 0.4) is 0 Å². The lowest BCUT2D eigenvalue weighted by Gasteiger charge is -2.15. The van der Waals surface area contributed by atoms with Gasteiger partial charge in [-0.15, -0.1) is 5.92 Å². The molecular weight excluding hydrogens is 389 g/mol. The van der Waals surface area contributed by atoms with E-state index in [4.69, 9.17) is 9.84 Å². The number of rotatable bonds is 11. The van der Waals surface area contributed by atoms with Gasteiger partial charge in [0.2, 0.25) is 10.0 Å². The molecule has 1 atom stereocenters. The van der Waals surface area contributed by atoms with Gasteiger partial charge in [0.25, 0.3) is 0 Å². The summed E-state index contributed by atoms with van der Waals surface area (Å²) in [5, 5.41) is 18.4. The number of sulfonamides is 1. The molecule has 7 nitrogen and oxygen atoms in total. The molecule has 0 aliphatic carbocycles. The smallest absolute Gasteiger partial charge is 0.303 e. The summed E-state index contributed by atoms with van der Waals surface area (Å²) in [6.45, 7) is -0.0704. The normalized spacial score (nSPS) is 12.6.